The van der Waals surface area contributed by atoms with Crippen molar-refractivity contribution in [3.05, 3.63) is 24.0 Å². The Labute approximate surface area is 107 Å². The van der Waals surface area contributed by atoms with Gasteiger partial charge in [-0.2, -0.15) is 0 Å². The second kappa shape index (κ2) is 5.21. The SMILES string of the molecule is CCc1nc2ccc(NC(=O)CC(C)C)cc2[nH]1. The number of aromatic amines is 1. The van der Waals surface area contributed by atoms with Gasteiger partial charge in [0.1, 0.15) is 5.82 Å². The number of benzene rings is 1. The molecule has 0 bridgehead atoms. The summed E-state index contributed by atoms with van der Waals surface area (Å²) < 4.78 is 0. The molecular weight excluding hydrogens is 226 g/mol. The van der Waals surface area contributed by atoms with Crippen LogP contribution in [0.5, 0.6) is 0 Å². The van der Waals surface area contributed by atoms with Gasteiger partial charge in [-0.15, -0.1) is 0 Å². The molecule has 4 nitrogen and oxygen atoms in total. The lowest BCUT2D eigenvalue weighted by Crippen LogP contribution is -2.13. The molecule has 2 rings (SSSR count). The van der Waals surface area contributed by atoms with Crippen molar-refractivity contribution in [2.45, 2.75) is 33.6 Å². The zero-order valence-electron chi connectivity index (χ0n) is 11.1. The predicted molar refractivity (Wildman–Crippen MR) is 73.6 cm³/mol. The van der Waals surface area contributed by atoms with Crippen LogP contribution >= 0.6 is 0 Å². The molecule has 0 aliphatic carbocycles. The predicted octanol–water partition coefficient (Wildman–Crippen LogP) is 3.11. The zero-order chi connectivity index (χ0) is 13.1. The molecule has 4 heteroatoms. The molecule has 0 aliphatic rings. The van der Waals surface area contributed by atoms with Crippen LogP contribution in [-0.4, -0.2) is 15.9 Å². The molecule has 0 atom stereocenters. The number of amides is 1. The van der Waals surface area contributed by atoms with Crippen molar-refractivity contribution in [1.82, 2.24) is 9.97 Å². The van der Waals surface area contributed by atoms with Crippen LogP contribution in [0.3, 0.4) is 0 Å². The van der Waals surface area contributed by atoms with Crippen LogP contribution in [0.15, 0.2) is 18.2 Å². The number of aryl methyl sites for hydroxylation is 1. The van der Waals surface area contributed by atoms with Crippen LogP contribution in [0.1, 0.15) is 33.0 Å². The number of aromatic nitrogens is 2. The van der Waals surface area contributed by atoms with Crippen LogP contribution < -0.4 is 5.32 Å². The van der Waals surface area contributed by atoms with Crippen molar-refractivity contribution < 1.29 is 4.79 Å². The number of carbonyl (C=O) groups excluding carboxylic acids is 1. The molecule has 0 saturated heterocycles. The molecule has 1 aromatic carbocycles. The van der Waals surface area contributed by atoms with Gasteiger partial charge < -0.3 is 10.3 Å². The maximum atomic E-state index is 11.7. The van der Waals surface area contributed by atoms with Gasteiger partial charge in [-0.3, -0.25) is 4.79 Å². The Morgan fingerprint density at radius 3 is 2.89 bits per heavy atom. The third-order valence-corrected chi connectivity index (χ3v) is 2.74. The number of carbonyl (C=O) groups is 1. The summed E-state index contributed by atoms with van der Waals surface area (Å²) in [6.07, 6.45) is 1.42. The lowest BCUT2D eigenvalue weighted by atomic mass is 10.1. The Balaban J connectivity index is 2.16. The fraction of sp³-hybridized carbons (Fsp3) is 0.429. The van der Waals surface area contributed by atoms with E-state index in [4.69, 9.17) is 0 Å². The summed E-state index contributed by atoms with van der Waals surface area (Å²) in [5, 5.41) is 2.91. The minimum atomic E-state index is 0.0552. The molecule has 0 spiro atoms. The van der Waals surface area contributed by atoms with Crippen LogP contribution in [-0.2, 0) is 11.2 Å². The quantitative estimate of drug-likeness (QED) is 0.869. The molecule has 0 unspecified atom stereocenters. The number of imidazole rings is 1. The second-order valence-electron chi connectivity index (χ2n) is 4.92. The lowest BCUT2D eigenvalue weighted by molar-refractivity contribution is -0.116. The third-order valence-electron chi connectivity index (χ3n) is 2.74. The number of nitrogens with one attached hydrogen (secondary N) is 2. The molecule has 18 heavy (non-hydrogen) atoms. The van der Waals surface area contributed by atoms with Gasteiger partial charge >= 0.3 is 0 Å². The average Bonchev–Trinajstić information content (AvgIpc) is 2.69. The standard InChI is InChI=1S/C14H19N3O/c1-4-13-16-11-6-5-10(8-12(11)17-13)15-14(18)7-9(2)3/h5-6,8-9H,4,7H2,1-3H3,(H,15,18)(H,16,17). The summed E-state index contributed by atoms with van der Waals surface area (Å²) in [5.41, 5.74) is 2.72. The molecule has 1 aromatic heterocycles. The number of hydrogen-bond donors (Lipinski definition) is 2. The van der Waals surface area contributed by atoms with Gasteiger partial charge in [0.05, 0.1) is 11.0 Å². The molecule has 2 aromatic rings. The van der Waals surface area contributed by atoms with Crippen molar-refractivity contribution in [2.75, 3.05) is 5.32 Å². The summed E-state index contributed by atoms with van der Waals surface area (Å²) in [5.74, 6) is 1.39. The fourth-order valence-corrected chi connectivity index (χ4v) is 1.89. The first-order chi connectivity index (χ1) is 8.58. The van der Waals surface area contributed by atoms with E-state index in [0.29, 0.717) is 12.3 Å². The first kappa shape index (κ1) is 12.6. The van der Waals surface area contributed by atoms with E-state index >= 15 is 0 Å². The molecular formula is C14H19N3O. The maximum absolute atomic E-state index is 11.7. The van der Waals surface area contributed by atoms with Crippen molar-refractivity contribution in [2.24, 2.45) is 5.92 Å². The van der Waals surface area contributed by atoms with Crippen LogP contribution in [0.4, 0.5) is 5.69 Å². The first-order valence-electron chi connectivity index (χ1n) is 6.37. The number of anilines is 1. The minimum absolute atomic E-state index is 0.0552. The van der Waals surface area contributed by atoms with Gasteiger partial charge in [-0.05, 0) is 24.1 Å². The lowest BCUT2D eigenvalue weighted by Gasteiger charge is -2.06. The van der Waals surface area contributed by atoms with Crippen molar-refractivity contribution in [1.29, 1.82) is 0 Å². The number of hydrogen-bond acceptors (Lipinski definition) is 2. The Kier molecular flexibility index (Phi) is 3.65. The van der Waals surface area contributed by atoms with Crippen molar-refractivity contribution >= 4 is 22.6 Å². The van der Waals surface area contributed by atoms with E-state index in [1.54, 1.807) is 0 Å². The highest BCUT2D eigenvalue weighted by Gasteiger charge is 2.07. The van der Waals surface area contributed by atoms with Crippen LogP contribution in [0, 0.1) is 5.92 Å². The normalized spacial score (nSPS) is 11.1. The number of fused-ring (bicyclic) bond motifs is 1. The van der Waals surface area contributed by atoms with Gasteiger partial charge in [0, 0.05) is 18.5 Å². The zero-order valence-corrected chi connectivity index (χ0v) is 11.1. The monoisotopic (exact) mass is 245 g/mol. The van der Waals surface area contributed by atoms with E-state index in [-0.39, 0.29) is 5.91 Å². The number of rotatable bonds is 4. The van der Waals surface area contributed by atoms with Gasteiger partial charge in [0.25, 0.3) is 0 Å². The van der Waals surface area contributed by atoms with Crippen LogP contribution in [0.25, 0.3) is 11.0 Å². The van der Waals surface area contributed by atoms with Gasteiger partial charge in [0.15, 0.2) is 0 Å². The van der Waals surface area contributed by atoms with E-state index in [1.807, 2.05) is 32.0 Å². The highest BCUT2D eigenvalue weighted by Crippen LogP contribution is 2.18. The summed E-state index contributed by atoms with van der Waals surface area (Å²) in [6.45, 7) is 6.12. The van der Waals surface area contributed by atoms with Crippen molar-refractivity contribution in [3.8, 4) is 0 Å². The topological polar surface area (TPSA) is 57.8 Å². The maximum Gasteiger partial charge on any atom is 0.224 e. The van der Waals surface area contributed by atoms with E-state index in [9.17, 15) is 4.79 Å². The van der Waals surface area contributed by atoms with E-state index in [1.165, 1.54) is 0 Å². The molecule has 0 fully saturated rings. The molecule has 1 heterocycles. The first-order valence-corrected chi connectivity index (χ1v) is 6.37. The smallest absolute Gasteiger partial charge is 0.224 e. The summed E-state index contributed by atoms with van der Waals surface area (Å²) in [4.78, 5) is 19.4. The number of H-pyrrole nitrogens is 1. The molecule has 96 valence electrons. The molecule has 0 radical (unpaired) electrons. The van der Waals surface area contributed by atoms with E-state index in [2.05, 4.69) is 22.2 Å². The summed E-state index contributed by atoms with van der Waals surface area (Å²) in [6, 6.07) is 5.75. The fourth-order valence-electron chi connectivity index (χ4n) is 1.89. The van der Waals surface area contributed by atoms with Gasteiger partial charge in [-0.1, -0.05) is 20.8 Å². The largest absolute Gasteiger partial charge is 0.342 e. The Morgan fingerprint density at radius 2 is 2.22 bits per heavy atom. The molecule has 0 aliphatic heterocycles. The van der Waals surface area contributed by atoms with E-state index < -0.39 is 0 Å². The average molecular weight is 245 g/mol. The van der Waals surface area contributed by atoms with Gasteiger partial charge in [-0.25, -0.2) is 4.98 Å². The third kappa shape index (κ3) is 2.88. The molecule has 0 saturated carbocycles. The summed E-state index contributed by atoms with van der Waals surface area (Å²) in [7, 11) is 0. The second-order valence-corrected chi connectivity index (χ2v) is 4.92. The summed E-state index contributed by atoms with van der Waals surface area (Å²) >= 11 is 0. The minimum Gasteiger partial charge on any atom is -0.342 e. The number of nitrogens with zero attached hydrogens (tertiary/aromatic N) is 1. The van der Waals surface area contributed by atoms with E-state index in [0.717, 1.165) is 29.0 Å². The van der Waals surface area contributed by atoms with Crippen molar-refractivity contribution in [3.63, 3.8) is 0 Å². The van der Waals surface area contributed by atoms with Gasteiger partial charge in [0.2, 0.25) is 5.91 Å². The highest BCUT2D eigenvalue weighted by molar-refractivity contribution is 5.93. The highest BCUT2D eigenvalue weighted by atomic mass is 16.1. The Morgan fingerprint density at radius 1 is 1.44 bits per heavy atom. The van der Waals surface area contributed by atoms with Crippen LogP contribution in [0.2, 0.25) is 0 Å². The molecule has 2 N–H and O–H groups in total. The Bertz CT molecular complexity index is 557. The Hall–Kier alpha value is -1.84. The molecule has 1 amide bonds.